The van der Waals surface area contributed by atoms with Gasteiger partial charge in [0, 0.05) is 6.54 Å². The molecular formula is C9H12IN3O. The smallest absolute Gasteiger partial charge is 0.252 e. The lowest BCUT2D eigenvalue weighted by Crippen LogP contribution is -2.24. The minimum Gasteiger partial charge on any atom is -0.352 e. The molecule has 0 atom stereocenters. The predicted molar refractivity (Wildman–Crippen MR) is 62.5 cm³/mol. The number of rotatable bonds is 5. The molecule has 76 valence electrons. The SMILES string of the molecule is O=C(NCCCCI)c1ccnnc1. The maximum absolute atomic E-state index is 11.4. The van der Waals surface area contributed by atoms with Gasteiger partial charge in [-0.15, -0.1) is 0 Å². The zero-order valence-corrected chi connectivity index (χ0v) is 9.90. The summed E-state index contributed by atoms with van der Waals surface area (Å²) in [5.41, 5.74) is 0.564. The number of carbonyl (C=O) groups excluding carboxylic acids is 1. The number of halogens is 1. The maximum atomic E-state index is 11.4. The monoisotopic (exact) mass is 305 g/mol. The van der Waals surface area contributed by atoms with Crippen LogP contribution in [0.2, 0.25) is 0 Å². The van der Waals surface area contributed by atoms with Crippen molar-refractivity contribution < 1.29 is 4.79 Å². The van der Waals surface area contributed by atoms with Crippen LogP contribution in [0.5, 0.6) is 0 Å². The van der Waals surface area contributed by atoms with Gasteiger partial charge in [-0.1, -0.05) is 22.6 Å². The van der Waals surface area contributed by atoms with Gasteiger partial charge < -0.3 is 5.32 Å². The number of aromatic nitrogens is 2. The van der Waals surface area contributed by atoms with Crippen molar-refractivity contribution in [3.63, 3.8) is 0 Å². The molecule has 0 radical (unpaired) electrons. The molecule has 0 aliphatic carbocycles. The molecule has 1 rings (SSSR count). The minimum absolute atomic E-state index is 0.0756. The summed E-state index contributed by atoms with van der Waals surface area (Å²) in [6.07, 6.45) is 5.13. The lowest BCUT2D eigenvalue weighted by molar-refractivity contribution is 0.0952. The summed E-state index contributed by atoms with van der Waals surface area (Å²) in [6.45, 7) is 0.726. The Morgan fingerprint density at radius 3 is 2.93 bits per heavy atom. The fraction of sp³-hybridized carbons (Fsp3) is 0.444. The molecule has 0 saturated carbocycles. The molecule has 1 N–H and O–H groups in total. The Morgan fingerprint density at radius 2 is 2.29 bits per heavy atom. The van der Waals surface area contributed by atoms with E-state index in [0.717, 1.165) is 23.8 Å². The van der Waals surface area contributed by atoms with Crippen LogP contribution in [-0.2, 0) is 0 Å². The predicted octanol–water partition coefficient (Wildman–Crippen LogP) is 1.42. The number of nitrogens with one attached hydrogen (secondary N) is 1. The van der Waals surface area contributed by atoms with Gasteiger partial charge in [-0.3, -0.25) is 4.79 Å². The van der Waals surface area contributed by atoms with Crippen molar-refractivity contribution in [2.45, 2.75) is 12.8 Å². The molecular weight excluding hydrogens is 293 g/mol. The zero-order valence-electron chi connectivity index (χ0n) is 7.74. The van der Waals surface area contributed by atoms with Gasteiger partial charge in [-0.25, -0.2) is 0 Å². The Balaban J connectivity index is 2.29. The van der Waals surface area contributed by atoms with Crippen molar-refractivity contribution in [1.29, 1.82) is 0 Å². The average molecular weight is 305 g/mol. The summed E-state index contributed by atoms with van der Waals surface area (Å²) >= 11 is 2.33. The minimum atomic E-state index is -0.0756. The summed E-state index contributed by atoms with van der Waals surface area (Å²) in [5.74, 6) is -0.0756. The Bertz CT molecular complexity index is 279. The second-order valence-electron chi connectivity index (χ2n) is 2.78. The largest absolute Gasteiger partial charge is 0.352 e. The topological polar surface area (TPSA) is 54.9 Å². The van der Waals surface area contributed by atoms with Crippen molar-refractivity contribution in [3.05, 3.63) is 24.0 Å². The molecule has 4 nitrogen and oxygen atoms in total. The van der Waals surface area contributed by atoms with Gasteiger partial charge in [0.25, 0.3) is 5.91 Å². The number of alkyl halides is 1. The highest BCUT2D eigenvalue weighted by Gasteiger charge is 2.03. The van der Waals surface area contributed by atoms with Crippen LogP contribution in [0.15, 0.2) is 18.5 Å². The van der Waals surface area contributed by atoms with Gasteiger partial charge >= 0.3 is 0 Å². The normalized spacial score (nSPS) is 9.79. The third-order valence-electron chi connectivity index (χ3n) is 1.69. The highest BCUT2D eigenvalue weighted by atomic mass is 127. The summed E-state index contributed by atoms with van der Waals surface area (Å²) in [4.78, 5) is 11.4. The fourth-order valence-electron chi connectivity index (χ4n) is 0.948. The number of hydrogen-bond donors (Lipinski definition) is 1. The molecule has 5 heteroatoms. The Hall–Kier alpha value is -0.720. The van der Waals surface area contributed by atoms with E-state index in [4.69, 9.17) is 0 Å². The number of unbranched alkanes of at least 4 members (excludes halogenated alkanes) is 1. The number of amides is 1. The van der Waals surface area contributed by atoms with Crippen LogP contribution >= 0.6 is 22.6 Å². The van der Waals surface area contributed by atoms with E-state index >= 15 is 0 Å². The van der Waals surface area contributed by atoms with Gasteiger partial charge in [-0.2, -0.15) is 10.2 Å². The first kappa shape index (κ1) is 11.4. The van der Waals surface area contributed by atoms with Crippen molar-refractivity contribution in [3.8, 4) is 0 Å². The Morgan fingerprint density at radius 1 is 1.43 bits per heavy atom. The molecule has 0 unspecified atom stereocenters. The van der Waals surface area contributed by atoms with E-state index in [-0.39, 0.29) is 5.91 Å². The van der Waals surface area contributed by atoms with Crippen LogP contribution in [0, 0.1) is 0 Å². The van der Waals surface area contributed by atoms with Crippen LogP contribution in [0.4, 0.5) is 0 Å². The van der Waals surface area contributed by atoms with E-state index in [2.05, 4.69) is 38.1 Å². The number of nitrogens with zero attached hydrogens (tertiary/aromatic N) is 2. The van der Waals surface area contributed by atoms with Crippen LogP contribution in [0.25, 0.3) is 0 Å². The molecule has 0 spiro atoms. The average Bonchev–Trinajstić information content (AvgIpc) is 2.25. The molecule has 0 saturated heterocycles. The van der Waals surface area contributed by atoms with Crippen LogP contribution in [0.3, 0.4) is 0 Å². The van der Waals surface area contributed by atoms with E-state index < -0.39 is 0 Å². The maximum Gasteiger partial charge on any atom is 0.252 e. The van der Waals surface area contributed by atoms with E-state index in [1.807, 2.05) is 0 Å². The second-order valence-corrected chi connectivity index (χ2v) is 3.86. The quantitative estimate of drug-likeness (QED) is 0.508. The lowest BCUT2D eigenvalue weighted by Gasteiger charge is -2.02. The molecule has 0 aromatic carbocycles. The zero-order chi connectivity index (χ0) is 10.2. The third kappa shape index (κ3) is 3.99. The first-order chi connectivity index (χ1) is 6.84. The van der Waals surface area contributed by atoms with Crippen molar-refractivity contribution in [2.24, 2.45) is 0 Å². The first-order valence-corrected chi connectivity index (χ1v) is 5.98. The standard InChI is InChI=1S/C9H12IN3O/c10-4-1-2-5-11-9(14)8-3-6-12-13-7-8/h3,6-7H,1-2,4-5H2,(H,11,14). The molecule has 0 aliphatic heterocycles. The van der Waals surface area contributed by atoms with E-state index in [9.17, 15) is 4.79 Å². The Labute approximate surface area is 96.6 Å². The van der Waals surface area contributed by atoms with Crippen LogP contribution < -0.4 is 5.32 Å². The molecule has 0 bridgehead atoms. The van der Waals surface area contributed by atoms with E-state index in [0.29, 0.717) is 5.56 Å². The number of carbonyl (C=O) groups is 1. The van der Waals surface area contributed by atoms with Gasteiger partial charge in [-0.05, 0) is 23.3 Å². The molecule has 0 fully saturated rings. The second kappa shape index (κ2) is 6.69. The summed E-state index contributed by atoms with van der Waals surface area (Å²) in [5, 5.41) is 10.1. The summed E-state index contributed by atoms with van der Waals surface area (Å²) < 4.78 is 1.13. The molecule has 14 heavy (non-hydrogen) atoms. The molecule has 1 aromatic rings. The van der Waals surface area contributed by atoms with Crippen molar-refractivity contribution in [2.75, 3.05) is 11.0 Å². The van der Waals surface area contributed by atoms with Crippen molar-refractivity contribution in [1.82, 2.24) is 15.5 Å². The summed E-state index contributed by atoms with van der Waals surface area (Å²) in [6, 6.07) is 1.65. The Kier molecular flexibility index (Phi) is 5.43. The van der Waals surface area contributed by atoms with Crippen molar-refractivity contribution >= 4 is 28.5 Å². The molecule has 1 heterocycles. The van der Waals surface area contributed by atoms with Crippen LogP contribution in [-0.4, -0.2) is 27.1 Å². The highest BCUT2D eigenvalue weighted by molar-refractivity contribution is 14.1. The van der Waals surface area contributed by atoms with Gasteiger partial charge in [0.15, 0.2) is 0 Å². The van der Waals surface area contributed by atoms with E-state index in [1.54, 1.807) is 6.07 Å². The molecule has 1 amide bonds. The third-order valence-corrected chi connectivity index (χ3v) is 2.46. The summed E-state index contributed by atoms with van der Waals surface area (Å²) in [7, 11) is 0. The van der Waals surface area contributed by atoms with Gasteiger partial charge in [0.1, 0.15) is 0 Å². The fourth-order valence-corrected chi connectivity index (χ4v) is 1.49. The molecule has 1 aromatic heterocycles. The van der Waals surface area contributed by atoms with Gasteiger partial charge in [0.2, 0.25) is 0 Å². The molecule has 0 aliphatic rings. The highest BCUT2D eigenvalue weighted by Crippen LogP contribution is 1.95. The first-order valence-electron chi connectivity index (χ1n) is 4.45. The lowest BCUT2D eigenvalue weighted by atomic mass is 10.3. The van der Waals surface area contributed by atoms with E-state index in [1.165, 1.54) is 12.4 Å². The van der Waals surface area contributed by atoms with Gasteiger partial charge in [0.05, 0.1) is 18.0 Å². The van der Waals surface area contributed by atoms with Crippen LogP contribution in [0.1, 0.15) is 23.2 Å². The number of hydrogen-bond acceptors (Lipinski definition) is 3.